The molecule has 1 amide bonds. The molecule has 0 N–H and O–H groups in total. The standard InChI is InChI=1S/C17H18N2O3S/c1-11-3-5-12(6-4-11)16(20)19(13-7-8-13)9-15-18-14(10-23-15)17(21)22-2/h3-6,10,13H,7-9H2,1-2H3. The lowest BCUT2D eigenvalue weighted by atomic mass is 10.1. The molecule has 0 saturated heterocycles. The van der Waals surface area contributed by atoms with Crippen molar-refractivity contribution in [1.29, 1.82) is 0 Å². The van der Waals surface area contributed by atoms with Crippen LogP contribution in [0.4, 0.5) is 0 Å². The number of rotatable bonds is 5. The number of methoxy groups -OCH3 is 1. The molecule has 120 valence electrons. The zero-order valence-corrected chi connectivity index (χ0v) is 13.9. The molecule has 0 aliphatic heterocycles. The molecule has 3 rings (SSSR count). The Morgan fingerprint density at radius 3 is 2.61 bits per heavy atom. The number of thiazole rings is 1. The lowest BCUT2D eigenvalue weighted by molar-refractivity contribution is 0.0594. The van der Waals surface area contributed by atoms with Gasteiger partial charge in [0.25, 0.3) is 5.91 Å². The summed E-state index contributed by atoms with van der Waals surface area (Å²) in [5, 5.41) is 2.42. The predicted molar refractivity (Wildman–Crippen MR) is 87.5 cm³/mol. The van der Waals surface area contributed by atoms with Gasteiger partial charge in [-0.1, -0.05) is 17.7 Å². The maximum absolute atomic E-state index is 12.7. The Kier molecular flexibility index (Phi) is 4.43. The van der Waals surface area contributed by atoms with Gasteiger partial charge in [0.1, 0.15) is 5.01 Å². The van der Waals surface area contributed by atoms with E-state index in [1.165, 1.54) is 18.4 Å². The van der Waals surface area contributed by atoms with Gasteiger partial charge in [0.15, 0.2) is 5.69 Å². The van der Waals surface area contributed by atoms with Crippen molar-refractivity contribution in [3.05, 3.63) is 51.5 Å². The zero-order valence-electron chi connectivity index (χ0n) is 13.1. The summed E-state index contributed by atoms with van der Waals surface area (Å²) in [5.41, 5.74) is 2.11. The van der Waals surface area contributed by atoms with E-state index in [4.69, 9.17) is 0 Å². The molecule has 1 aromatic heterocycles. The Morgan fingerprint density at radius 2 is 2.00 bits per heavy atom. The monoisotopic (exact) mass is 330 g/mol. The molecule has 1 aliphatic carbocycles. The Hall–Kier alpha value is -2.21. The summed E-state index contributed by atoms with van der Waals surface area (Å²) in [6, 6.07) is 7.87. The minimum Gasteiger partial charge on any atom is -0.464 e. The predicted octanol–water partition coefficient (Wildman–Crippen LogP) is 3.04. The number of benzene rings is 1. The van der Waals surface area contributed by atoms with Gasteiger partial charge >= 0.3 is 5.97 Å². The highest BCUT2D eigenvalue weighted by atomic mass is 32.1. The van der Waals surface area contributed by atoms with Crippen LogP contribution in [0.2, 0.25) is 0 Å². The largest absolute Gasteiger partial charge is 0.464 e. The van der Waals surface area contributed by atoms with E-state index in [2.05, 4.69) is 9.72 Å². The number of carbonyl (C=O) groups excluding carboxylic acids is 2. The third kappa shape index (κ3) is 3.59. The van der Waals surface area contributed by atoms with E-state index in [1.54, 1.807) is 5.38 Å². The fraction of sp³-hybridized carbons (Fsp3) is 0.353. The van der Waals surface area contributed by atoms with E-state index >= 15 is 0 Å². The average molecular weight is 330 g/mol. The second-order valence-corrected chi connectivity index (χ2v) is 6.59. The van der Waals surface area contributed by atoms with Crippen LogP contribution in [-0.2, 0) is 11.3 Å². The number of hydrogen-bond donors (Lipinski definition) is 0. The fourth-order valence-corrected chi connectivity index (χ4v) is 3.10. The van der Waals surface area contributed by atoms with Crippen molar-refractivity contribution in [1.82, 2.24) is 9.88 Å². The molecule has 0 spiro atoms. The van der Waals surface area contributed by atoms with Crippen molar-refractivity contribution in [3.8, 4) is 0 Å². The minimum atomic E-state index is -0.449. The highest BCUT2D eigenvalue weighted by Gasteiger charge is 2.33. The van der Waals surface area contributed by atoms with E-state index in [1.807, 2.05) is 36.1 Å². The number of aryl methyl sites for hydroxylation is 1. The SMILES string of the molecule is COC(=O)c1csc(CN(C(=O)c2ccc(C)cc2)C2CC2)n1. The molecule has 0 atom stereocenters. The van der Waals surface area contributed by atoms with E-state index < -0.39 is 5.97 Å². The maximum Gasteiger partial charge on any atom is 0.357 e. The van der Waals surface area contributed by atoms with E-state index in [9.17, 15) is 9.59 Å². The molecule has 5 nitrogen and oxygen atoms in total. The molecule has 1 heterocycles. The van der Waals surface area contributed by atoms with Crippen LogP contribution in [0.3, 0.4) is 0 Å². The van der Waals surface area contributed by atoms with Gasteiger partial charge in [-0.15, -0.1) is 11.3 Å². The van der Waals surface area contributed by atoms with Crippen LogP contribution in [0.1, 0.15) is 44.3 Å². The van der Waals surface area contributed by atoms with Crippen LogP contribution < -0.4 is 0 Å². The van der Waals surface area contributed by atoms with Crippen molar-refractivity contribution in [2.24, 2.45) is 0 Å². The maximum atomic E-state index is 12.7. The second-order valence-electron chi connectivity index (χ2n) is 5.65. The van der Waals surface area contributed by atoms with Gasteiger partial charge in [0.05, 0.1) is 13.7 Å². The molecule has 6 heteroatoms. The zero-order chi connectivity index (χ0) is 16.4. The Balaban J connectivity index is 1.77. The molecular formula is C17H18N2O3S. The Bertz CT molecular complexity index is 720. The van der Waals surface area contributed by atoms with Crippen molar-refractivity contribution >= 4 is 23.2 Å². The lowest BCUT2D eigenvalue weighted by Gasteiger charge is -2.21. The third-order valence-electron chi connectivity index (χ3n) is 3.80. The topological polar surface area (TPSA) is 59.5 Å². The van der Waals surface area contributed by atoms with Gasteiger partial charge in [-0.2, -0.15) is 0 Å². The smallest absolute Gasteiger partial charge is 0.357 e. The number of aromatic nitrogens is 1. The van der Waals surface area contributed by atoms with Gasteiger partial charge < -0.3 is 9.64 Å². The van der Waals surface area contributed by atoms with Crippen molar-refractivity contribution < 1.29 is 14.3 Å². The van der Waals surface area contributed by atoms with Crippen LogP contribution in [0.25, 0.3) is 0 Å². The van der Waals surface area contributed by atoms with Crippen LogP contribution in [0.15, 0.2) is 29.6 Å². The number of nitrogens with zero attached hydrogens (tertiary/aromatic N) is 2. The van der Waals surface area contributed by atoms with Crippen molar-refractivity contribution in [2.75, 3.05) is 7.11 Å². The molecule has 23 heavy (non-hydrogen) atoms. The Labute approximate surface area is 138 Å². The first-order chi connectivity index (χ1) is 11.1. The summed E-state index contributed by atoms with van der Waals surface area (Å²) in [6.45, 7) is 2.43. The molecule has 0 bridgehead atoms. The first kappa shape index (κ1) is 15.7. The molecule has 1 fully saturated rings. The lowest BCUT2D eigenvalue weighted by Crippen LogP contribution is -2.32. The highest BCUT2D eigenvalue weighted by Crippen LogP contribution is 2.30. The minimum absolute atomic E-state index is 0.0160. The highest BCUT2D eigenvalue weighted by molar-refractivity contribution is 7.09. The molecular weight excluding hydrogens is 312 g/mol. The van der Waals surface area contributed by atoms with E-state index in [0.717, 1.165) is 23.4 Å². The van der Waals surface area contributed by atoms with Crippen LogP contribution in [-0.4, -0.2) is 34.9 Å². The summed E-state index contributed by atoms with van der Waals surface area (Å²) >= 11 is 1.38. The quantitative estimate of drug-likeness (QED) is 0.791. The van der Waals surface area contributed by atoms with E-state index in [-0.39, 0.29) is 11.9 Å². The molecule has 1 saturated carbocycles. The van der Waals surface area contributed by atoms with Crippen LogP contribution >= 0.6 is 11.3 Å². The van der Waals surface area contributed by atoms with Gasteiger partial charge in [-0.05, 0) is 31.9 Å². The number of carbonyl (C=O) groups is 2. The number of amides is 1. The second kappa shape index (κ2) is 6.50. The molecule has 1 aromatic carbocycles. The summed E-state index contributed by atoms with van der Waals surface area (Å²) in [5.74, 6) is -0.433. The molecule has 0 unspecified atom stereocenters. The summed E-state index contributed by atoms with van der Waals surface area (Å²) in [6.07, 6.45) is 2.04. The molecule has 2 aromatic rings. The van der Waals surface area contributed by atoms with Crippen LogP contribution in [0.5, 0.6) is 0 Å². The third-order valence-corrected chi connectivity index (χ3v) is 4.63. The number of esters is 1. The molecule has 0 radical (unpaired) electrons. The van der Waals surface area contributed by atoms with Gasteiger partial charge in [-0.25, -0.2) is 9.78 Å². The molecule has 1 aliphatic rings. The summed E-state index contributed by atoms with van der Waals surface area (Å²) < 4.78 is 4.67. The van der Waals surface area contributed by atoms with Crippen molar-refractivity contribution in [3.63, 3.8) is 0 Å². The van der Waals surface area contributed by atoms with Gasteiger partial charge in [0, 0.05) is 17.0 Å². The van der Waals surface area contributed by atoms with Crippen molar-refractivity contribution in [2.45, 2.75) is 32.4 Å². The summed E-state index contributed by atoms with van der Waals surface area (Å²) in [7, 11) is 1.33. The normalized spacial score (nSPS) is 13.7. The first-order valence-electron chi connectivity index (χ1n) is 7.49. The number of ether oxygens (including phenoxy) is 1. The Morgan fingerprint density at radius 1 is 1.30 bits per heavy atom. The van der Waals surface area contributed by atoms with Crippen LogP contribution in [0, 0.1) is 6.92 Å². The average Bonchev–Trinajstić information content (AvgIpc) is 3.30. The number of hydrogen-bond acceptors (Lipinski definition) is 5. The first-order valence-corrected chi connectivity index (χ1v) is 8.37. The fourth-order valence-electron chi connectivity index (χ4n) is 2.34. The van der Waals surface area contributed by atoms with Gasteiger partial charge in [-0.3, -0.25) is 4.79 Å². The van der Waals surface area contributed by atoms with E-state index in [0.29, 0.717) is 17.8 Å². The summed E-state index contributed by atoms with van der Waals surface area (Å²) in [4.78, 5) is 30.4. The van der Waals surface area contributed by atoms with Gasteiger partial charge in [0.2, 0.25) is 0 Å².